The lowest BCUT2D eigenvalue weighted by molar-refractivity contribution is 0.662. The Morgan fingerprint density at radius 1 is 0.213 bits per heavy atom. The first-order chi connectivity index (χ1) is 53.1. The molecule has 0 atom stereocenters. The fourth-order valence-electron chi connectivity index (χ4n) is 14.6. The summed E-state index contributed by atoms with van der Waals surface area (Å²) < 4.78 is 41.4. The molecular formula is C88H44Cl4N8O6S2. The lowest BCUT2D eigenvalue weighted by Crippen LogP contribution is -1.89. The van der Waals surface area contributed by atoms with E-state index in [9.17, 15) is 0 Å². The van der Waals surface area contributed by atoms with Crippen molar-refractivity contribution in [3.8, 4) is 45.0 Å². The van der Waals surface area contributed by atoms with Crippen LogP contribution in [0.4, 0.5) is 0 Å². The van der Waals surface area contributed by atoms with Crippen LogP contribution in [0, 0.1) is 0 Å². The van der Waals surface area contributed by atoms with Gasteiger partial charge < -0.3 is 26.5 Å². The van der Waals surface area contributed by atoms with Crippen molar-refractivity contribution in [2.45, 2.75) is 0 Å². The zero-order valence-electron chi connectivity index (χ0n) is 55.8. The molecule has 12 aromatic carbocycles. The Balaban J connectivity index is 0.0000000919. The third-order valence-electron chi connectivity index (χ3n) is 19.4. The maximum absolute atomic E-state index is 6.30. The van der Waals surface area contributed by atoms with E-state index in [0.29, 0.717) is 39.2 Å². The number of nitrogens with zero attached hydrogens (tertiary/aromatic N) is 8. The number of benzene rings is 12. The number of fused-ring (bicyclic) bond motifs is 24. The summed E-state index contributed by atoms with van der Waals surface area (Å²) in [5.41, 5.74) is 18.4. The second-order valence-electron chi connectivity index (χ2n) is 25.6. The number of rotatable bonds is 4. The molecule has 12 aromatic heterocycles. The molecule has 0 unspecified atom stereocenters. The summed E-state index contributed by atoms with van der Waals surface area (Å²) in [6, 6.07) is 88.7. The molecule has 0 saturated carbocycles. The van der Waals surface area contributed by atoms with Crippen LogP contribution in [-0.2, 0) is 0 Å². The normalized spacial score (nSPS) is 11.9. The second-order valence-corrected chi connectivity index (χ2v) is 29.1. The standard InChI is InChI=1S/2C22H11ClN2O2.2C22H11ClN2OS/c23-22-24-18-14-7-2-4-11-17(14)27-21(18)19(25-22)15-9-5-8-13-12-6-1-3-10-16(12)26-20(13)15;23-22-24-19(21-20(25-22)14-6-2-4-8-17(14)27-21)12-9-10-18-15(11-12)13-5-1-3-7-16(13)26-18;23-22-24-18-14-7-1-3-10-16(14)26-20(18)19(25-22)15-9-5-8-13-12-6-2-4-11-17(12)27-21(13)15;23-22-24-19(21-20(25-22)14-6-1-3-7-16(14)26-21)12-9-10-18-15(11-12)13-5-2-4-8-17(13)27-18/h4*1-11H. The quantitative estimate of drug-likeness (QED) is 0.152. The smallest absolute Gasteiger partial charge is 0.223 e. The monoisotopic (exact) mass is 1510 g/mol. The summed E-state index contributed by atoms with van der Waals surface area (Å²) in [4.78, 5) is 35.7. The molecular weight excluding hydrogens is 1470 g/mol. The van der Waals surface area contributed by atoms with Gasteiger partial charge in [0.1, 0.15) is 89.5 Å². The summed E-state index contributed by atoms with van der Waals surface area (Å²) in [6.45, 7) is 0. The molecule has 0 bridgehead atoms. The van der Waals surface area contributed by atoms with E-state index in [-0.39, 0.29) is 21.1 Å². The largest absolute Gasteiger partial charge is 0.456 e. The second kappa shape index (κ2) is 25.6. The van der Waals surface area contributed by atoms with Crippen LogP contribution >= 0.6 is 69.1 Å². The summed E-state index contributed by atoms with van der Waals surface area (Å²) in [5, 5.41) is 13.7. The van der Waals surface area contributed by atoms with Crippen LogP contribution in [-0.4, -0.2) is 39.9 Å². The number of para-hydroxylation sites is 7. The van der Waals surface area contributed by atoms with Gasteiger partial charge in [-0.2, -0.15) is 0 Å². The van der Waals surface area contributed by atoms with Crippen LogP contribution in [0.5, 0.6) is 0 Å². The van der Waals surface area contributed by atoms with Gasteiger partial charge in [0.05, 0.1) is 0 Å². The molecule has 24 aromatic rings. The van der Waals surface area contributed by atoms with Gasteiger partial charge in [0.2, 0.25) is 21.1 Å². The van der Waals surface area contributed by atoms with E-state index in [0.717, 1.165) is 138 Å². The van der Waals surface area contributed by atoms with Crippen molar-refractivity contribution in [1.82, 2.24) is 39.9 Å². The van der Waals surface area contributed by atoms with E-state index in [4.69, 9.17) is 72.9 Å². The van der Waals surface area contributed by atoms with Gasteiger partial charge in [-0.05, 0) is 156 Å². The van der Waals surface area contributed by atoms with Gasteiger partial charge in [0.25, 0.3) is 0 Å². The number of aromatic nitrogens is 8. The van der Waals surface area contributed by atoms with E-state index >= 15 is 0 Å². The van der Waals surface area contributed by atoms with Crippen LogP contribution in [0.3, 0.4) is 0 Å². The van der Waals surface area contributed by atoms with Crippen molar-refractivity contribution < 1.29 is 26.5 Å². The molecule has 0 radical (unpaired) electrons. The zero-order chi connectivity index (χ0) is 71.8. The molecule has 0 fully saturated rings. The van der Waals surface area contributed by atoms with Gasteiger partial charge in [-0.3, -0.25) is 0 Å². The van der Waals surface area contributed by atoms with Crippen LogP contribution in [0.1, 0.15) is 0 Å². The molecule has 0 aliphatic rings. The third-order valence-corrected chi connectivity index (χ3v) is 22.4. The zero-order valence-corrected chi connectivity index (χ0v) is 60.4. The number of thiophene rings is 2. The van der Waals surface area contributed by atoms with Crippen molar-refractivity contribution >= 4 is 242 Å². The molecule has 14 nitrogen and oxygen atoms in total. The Bertz CT molecular complexity index is 7350. The average molecular weight is 1520 g/mol. The van der Waals surface area contributed by atoms with Gasteiger partial charge in [0.15, 0.2) is 22.3 Å². The van der Waals surface area contributed by atoms with E-state index in [1.54, 1.807) is 22.7 Å². The number of halogens is 4. The van der Waals surface area contributed by atoms with Gasteiger partial charge in [0, 0.05) is 106 Å². The molecule has 0 saturated heterocycles. The summed E-state index contributed by atoms with van der Waals surface area (Å²) in [5.74, 6) is 0. The van der Waals surface area contributed by atoms with Gasteiger partial charge >= 0.3 is 0 Å². The molecule has 12 heterocycles. The number of hydrogen-bond donors (Lipinski definition) is 0. The molecule has 108 heavy (non-hydrogen) atoms. The highest BCUT2D eigenvalue weighted by Gasteiger charge is 2.25. The Morgan fingerprint density at radius 3 is 1.05 bits per heavy atom. The highest BCUT2D eigenvalue weighted by molar-refractivity contribution is 7.26. The first-order valence-electron chi connectivity index (χ1n) is 34.2. The Kier molecular flexibility index (Phi) is 15.1. The molecule has 20 heteroatoms. The van der Waals surface area contributed by atoms with Crippen LogP contribution in [0.15, 0.2) is 293 Å². The Morgan fingerprint density at radius 2 is 0.537 bits per heavy atom. The van der Waals surface area contributed by atoms with E-state index < -0.39 is 0 Å². The fourth-order valence-corrected chi connectivity index (χ4v) is 17.6. The van der Waals surface area contributed by atoms with E-state index in [2.05, 4.69) is 143 Å². The third kappa shape index (κ3) is 10.7. The molecule has 0 amide bonds. The lowest BCUT2D eigenvalue weighted by atomic mass is 10.1. The maximum atomic E-state index is 6.30. The van der Waals surface area contributed by atoms with Crippen molar-refractivity contribution in [2.75, 3.05) is 0 Å². The minimum absolute atomic E-state index is 0.178. The van der Waals surface area contributed by atoms with Crippen molar-refractivity contribution in [2.24, 2.45) is 0 Å². The summed E-state index contributed by atoms with van der Waals surface area (Å²) in [7, 11) is 0. The molecule has 0 N–H and O–H groups in total. The van der Waals surface area contributed by atoms with Crippen molar-refractivity contribution in [3.05, 3.63) is 288 Å². The molecule has 0 aliphatic heterocycles. The predicted molar refractivity (Wildman–Crippen MR) is 439 cm³/mol. The van der Waals surface area contributed by atoms with Crippen molar-refractivity contribution in [1.29, 1.82) is 0 Å². The first-order valence-corrected chi connectivity index (χ1v) is 37.3. The average Bonchev–Trinajstić information content (AvgIpc) is 1.59. The minimum Gasteiger partial charge on any atom is -0.456 e. The number of furan rings is 6. The molecule has 24 rings (SSSR count). The van der Waals surface area contributed by atoms with Crippen LogP contribution in [0.2, 0.25) is 21.1 Å². The molecule has 0 aliphatic carbocycles. The highest BCUT2D eigenvalue weighted by atomic mass is 35.5. The SMILES string of the molecule is Clc1nc(-c2ccc3oc4ccccc4c3c2)c2oc3ccccc3c2n1.Clc1nc(-c2ccc3sc4ccccc4c3c2)c2oc3ccccc3c2n1.Clc1nc(-c2cccc3c2oc2ccccc23)c2oc3ccccc3c2n1.Clc1nc(-c2cccc3c2sc2ccccc23)c2oc3ccccc3c2n1. The van der Waals surface area contributed by atoms with E-state index in [1.807, 2.05) is 164 Å². The summed E-state index contributed by atoms with van der Waals surface area (Å²) >= 11 is 28.6. The lowest BCUT2D eigenvalue weighted by Gasteiger charge is -2.04. The highest BCUT2D eigenvalue weighted by Crippen LogP contribution is 2.46. The van der Waals surface area contributed by atoms with Crippen molar-refractivity contribution in [3.63, 3.8) is 0 Å². The van der Waals surface area contributed by atoms with Crippen LogP contribution in [0.25, 0.3) is 218 Å². The topological polar surface area (TPSA) is 182 Å². The summed E-state index contributed by atoms with van der Waals surface area (Å²) in [6.07, 6.45) is 0. The predicted octanol–water partition coefficient (Wildman–Crippen LogP) is 27.3. The van der Waals surface area contributed by atoms with Crippen LogP contribution < -0.4 is 0 Å². The molecule has 0 spiro atoms. The van der Waals surface area contributed by atoms with E-state index in [1.165, 1.54) is 40.3 Å². The minimum atomic E-state index is 0.178. The van der Waals surface area contributed by atoms with Gasteiger partial charge in [-0.15, -0.1) is 22.7 Å². The Labute approximate surface area is 636 Å². The first kappa shape index (κ1) is 63.8. The van der Waals surface area contributed by atoms with Gasteiger partial charge in [-0.1, -0.05) is 158 Å². The molecule has 512 valence electrons. The Hall–Kier alpha value is -12.6. The fraction of sp³-hybridized carbons (Fsp3) is 0. The number of hydrogen-bond acceptors (Lipinski definition) is 16. The van der Waals surface area contributed by atoms with Gasteiger partial charge in [-0.25, -0.2) is 39.9 Å². The maximum Gasteiger partial charge on any atom is 0.223 e.